The lowest BCUT2D eigenvalue weighted by Gasteiger charge is -2.08. The minimum Gasteiger partial charge on any atom is -0.355 e. The number of nitrogens with one attached hydrogen (secondary N) is 2. The first-order valence-electron chi connectivity index (χ1n) is 5.39. The van der Waals surface area contributed by atoms with Crippen LogP contribution in [-0.4, -0.2) is 29.0 Å². The highest BCUT2D eigenvalue weighted by Crippen LogP contribution is 1.91. The highest BCUT2D eigenvalue weighted by molar-refractivity contribution is 5.77. The van der Waals surface area contributed by atoms with Crippen LogP contribution < -0.4 is 10.6 Å². The third kappa shape index (κ3) is 5.41. The minimum atomic E-state index is 0.0190. The second kappa shape index (κ2) is 6.90. The monoisotopic (exact) mass is 222 g/mol. The van der Waals surface area contributed by atoms with Gasteiger partial charge in [0.15, 0.2) is 0 Å². The standard InChI is InChI=1S/C11H18N4O/c1-9(2)3-15-11(16)7-12-4-10-5-13-8-14-6-10/h5-6,8-9,12H,3-4,7H2,1-2H3,(H,15,16). The number of hydrogen-bond acceptors (Lipinski definition) is 4. The fraction of sp³-hybridized carbons (Fsp3) is 0.545. The van der Waals surface area contributed by atoms with Crippen molar-refractivity contribution in [3.63, 3.8) is 0 Å². The summed E-state index contributed by atoms with van der Waals surface area (Å²) in [6, 6.07) is 0. The molecule has 0 aliphatic heterocycles. The van der Waals surface area contributed by atoms with E-state index >= 15 is 0 Å². The molecule has 0 aliphatic carbocycles. The minimum absolute atomic E-state index is 0.0190. The topological polar surface area (TPSA) is 66.9 Å². The van der Waals surface area contributed by atoms with Gasteiger partial charge in [-0.15, -0.1) is 0 Å². The summed E-state index contributed by atoms with van der Waals surface area (Å²) in [5.41, 5.74) is 0.971. The number of aromatic nitrogens is 2. The Morgan fingerprint density at radius 1 is 1.38 bits per heavy atom. The Bertz CT molecular complexity index is 313. The van der Waals surface area contributed by atoms with Crippen molar-refractivity contribution < 1.29 is 4.79 Å². The van der Waals surface area contributed by atoms with Crippen molar-refractivity contribution in [3.8, 4) is 0 Å². The molecule has 0 aliphatic rings. The van der Waals surface area contributed by atoms with E-state index in [9.17, 15) is 4.79 Å². The summed E-state index contributed by atoms with van der Waals surface area (Å²) in [4.78, 5) is 19.1. The number of hydrogen-bond donors (Lipinski definition) is 2. The van der Waals surface area contributed by atoms with Gasteiger partial charge >= 0.3 is 0 Å². The molecule has 0 atom stereocenters. The maximum atomic E-state index is 11.3. The summed E-state index contributed by atoms with van der Waals surface area (Å²) in [5, 5.41) is 5.87. The van der Waals surface area contributed by atoms with Crippen LogP contribution in [0.4, 0.5) is 0 Å². The lowest BCUT2D eigenvalue weighted by molar-refractivity contribution is -0.120. The average Bonchev–Trinajstić information content (AvgIpc) is 2.28. The molecule has 16 heavy (non-hydrogen) atoms. The zero-order valence-electron chi connectivity index (χ0n) is 9.73. The van der Waals surface area contributed by atoms with Gasteiger partial charge in [0, 0.05) is 31.0 Å². The lowest BCUT2D eigenvalue weighted by Crippen LogP contribution is -2.35. The molecule has 5 heteroatoms. The Labute approximate surface area is 95.7 Å². The van der Waals surface area contributed by atoms with Crippen LogP contribution in [0.15, 0.2) is 18.7 Å². The quantitative estimate of drug-likeness (QED) is 0.728. The molecule has 1 aromatic rings. The fourth-order valence-electron chi connectivity index (χ4n) is 1.12. The maximum Gasteiger partial charge on any atom is 0.233 e. The molecule has 88 valence electrons. The first-order chi connectivity index (χ1) is 7.68. The molecule has 0 saturated heterocycles. The van der Waals surface area contributed by atoms with Crippen molar-refractivity contribution in [1.82, 2.24) is 20.6 Å². The Kier molecular flexibility index (Phi) is 5.42. The summed E-state index contributed by atoms with van der Waals surface area (Å²) in [7, 11) is 0. The molecule has 0 unspecified atom stereocenters. The first kappa shape index (κ1) is 12.6. The van der Waals surface area contributed by atoms with Gasteiger partial charge in [-0.2, -0.15) is 0 Å². The van der Waals surface area contributed by atoms with E-state index in [2.05, 4.69) is 34.4 Å². The van der Waals surface area contributed by atoms with Crippen LogP contribution in [0.25, 0.3) is 0 Å². The van der Waals surface area contributed by atoms with Crippen molar-refractivity contribution in [2.24, 2.45) is 5.92 Å². The molecule has 1 rings (SSSR count). The summed E-state index contributed by atoms with van der Waals surface area (Å²) in [5.74, 6) is 0.497. The number of carbonyl (C=O) groups excluding carboxylic acids is 1. The summed E-state index contributed by atoms with van der Waals surface area (Å²) >= 11 is 0. The number of nitrogens with zero attached hydrogens (tertiary/aromatic N) is 2. The molecule has 1 aromatic heterocycles. The third-order valence-corrected chi connectivity index (χ3v) is 1.94. The summed E-state index contributed by atoms with van der Waals surface area (Å²) in [6.45, 7) is 5.77. The van der Waals surface area contributed by atoms with Gasteiger partial charge in [0.05, 0.1) is 6.54 Å². The van der Waals surface area contributed by atoms with Crippen LogP contribution in [-0.2, 0) is 11.3 Å². The molecule has 5 nitrogen and oxygen atoms in total. The van der Waals surface area contributed by atoms with Gasteiger partial charge in [-0.05, 0) is 5.92 Å². The second-order valence-electron chi connectivity index (χ2n) is 4.05. The second-order valence-corrected chi connectivity index (χ2v) is 4.05. The van der Waals surface area contributed by atoms with Gasteiger partial charge in [-0.1, -0.05) is 13.8 Å². The van der Waals surface area contributed by atoms with E-state index < -0.39 is 0 Å². The predicted molar refractivity (Wildman–Crippen MR) is 61.6 cm³/mol. The largest absolute Gasteiger partial charge is 0.355 e. The van der Waals surface area contributed by atoms with Crippen molar-refractivity contribution in [3.05, 3.63) is 24.3 Å². The normalized spacial score (nSPS) is 10.4. The lowest BCUT2D eigenvalue weighted by atomic mass is 10.2. The van der Waals surface area contributed by atoms with Crippen LogP contribution >= 0.6 is 0 Å². The van der Waals surface area contributed by atoms with E-state index in [1.165, 1.54) is 6.33 Å². The van der Waals surface area contributed by atoms with Gasteiger partial charge in [0.25, 0.3) is 0 Å². The summed E-state index contributed by atoms with van der Waals surface area (Å²) < 4.78 is 0. The van der Waals surface area contributed by atoms with Gasteiger partial charge in [0.1, 0.15) is 6.33 Å². The number of amides is 1. The summed E-state index contributed by atoms with van der Waals surface area (Å²) in [6.07, 6.45) is 4.94. The first-order valence-corrected chi connectivity index (χ1v) is 5.39. The molecule has 0 aromatic carbocycles. The van der Waals surface area contributed by atoms with Crippen molar-refractivity contribution >= 4 is 5.91 Å². The molecule has 1 heterocycles. The van der Waals surface area contributed by atoms with E-state index in [4.69, 9.17) is 0 Å². The zero-order chi connectivity index (χ0) is 11.8. The third-order valence-electron chi connectivity index (χ3n) is 1.94. The molecular formula is C11H18N4O. The Balaban J connectivity index is 2.13. The highest BCUT2D eigenvalue weighted by Gasteiger charge is 2.01. The molecule has 0 spiro atoms. The van der Waals surface area contributed by atoms with Crippen LogP contribution in [0.5, 0.6) is 0 Å². The molecule has 0 saturated carbocycles. The van der Waals surface area contributed by atoms with Crippen LogP contribution in [0.2, 0.25) is 0 Å². The molecule has 1 amide bonds. The van der Waals surface area contributed by atoms with E-state index in [-0.39, 0.29) is 5.91 Å². The highest BCUT2D eigenvalue weighted by atomic mass is 16.1. The molecule has 0 bridgehead atoms. The van der Waals surface area contributed by atoms with Crippen molar-refractivity contribution in [1.29, 1.82) is 0 Å². The van der Waals surface area contributed by atoms with Gasteiger partial charge in [0.2, 0.25) is 5.91 Å². The van der Waals surface area contributed by atoms with E-state index in [0.717, 1.165) is 12.1 Å². The van der Waals surface area contributed by atoms with Gasteiger partial charge in [-0.3, -0.25) is 4.79 Å². The van der Waals surface area contributed by atoms with Crippen molar-refractivity contribution in [2.45, 2.75) is 20.4 Å². The van der Waals surface area contributed by atoms with Crippen molar-refractivity contribution in [2.75, 3.05) is 13.1 Å². The molecule has 0 fully saturated rings. The van der Waals surface area contributed by atoms with Crippen LogP contribution in [0.3, 0.4) is 0 Å². The maximum absolute atomic E-state index is 11.3. The average molecular weight is 222 g/mol. The number of carbonyl (C=O) groups is 1. The number of rotatable bonds is 6. The van der Waals surface area contributed by atoms with Crippen LogP contribution in [0, 0.1) is 5.92 Å². The zero-order valence-corrected chi connectivity index (χ0v) is 9.73. The Morgan fingerprint density at radius 2 is 2.06 bits per heavy atom. The van der Waals surface area contributed by atoms with Gasteiger partial charge in [-0.25, -0.2) is 9.97 Å². The Morgan fingerprint density at radius 3 is 2.69 bits per heavy atom. The fourth-order valence-corrected chi connectivity index (χ4v) is 1.12. The van der Waals surface area contributed by atoms with Crippen LogP contribution in [0.1, 0.15) is 19.4 Å². The van der Waals surface area contributed by atoms with E-state index in [1.807, 2.05) is 0 Å². The molecular weight excluding hydrogens is 204 g/mol. The molecule has 2 N–H and O–H groups in total. The smallest absolute Gasteiger partial charge is 0.233 e. The van der Waals surface area contributed by atoms with Gasteiger partial charge < -0.3 is 10.6 Å². The molecule has 0 radical (unpaired) electrons. The SMILES string of the molecule is CC(C)CNC(=O)CNCc1cncnc1. The van der Waals surface area contributed by atoms with E-state index in [0.29, 0.717) is 19.0 Å². The predicted octanol–water partition coefficient (Wildman–Crippen LogP) is 0.338. The Hall–Kier alpha value is -1.49. The van der Waals surface area contributed by atoms with E-state index in [1.54, 1.807) is 12.4 Å².